The van der Waals surface area contributed by atoms with Gasteiger partial charge in [0.2, 0.25) is 0 Å². The van der Waals surface area contributed by atoms with Gasteiger partial charge in [-0.15, -0.1) is 0 Å². The molecule has 1 aliphatic rings. The van der Waals surface area contributed by atoms with E-state index in [0.29, 0.717) is 22.6 Å². The van der Waals surface area contributed by atoms with E-state index in [-0.39, 0.29) is 29.9 Å². The number of esters is 1. The van der Waals surface area contributed by atoms with Gasteiger partial charge < -0.3 is 14.6 Å². The Morgan fingerprint density at radius 3 is 2.34 bits per heavy atom. The van der Waals surface area contributed by atoms with Crippen LogP contribution in [0.2, 0.25) is 0 Å². The number of anilines is 1. The highest BCUT2D eigenvalue weighted by molar-refractivity contribution is 6.13. The third-order valence-electron chi connectivity index (χ3n) is 6.58. The van der Waals surface area contributed by atoms with Gasteiger partial charge in [-0.25, -0.2) is 4.79 Å². The maximum atomic E-state index is 14.2. The number of methoxy groups -OCH3 is 2. The first kappa shape index (κ1) is 24.3. The number of fused-ring (bicyclic) bond motifs is 1. The summed E-state index contributed by atoms with van der Waals surface area (Å²) in [5, 5.41) is 10.1. The van der Waals surface area contributed by atoms with Crippen LogP contribution in [0.4, 0.5) is 5.69 Å². The van der Waals surface area contributed by atoms with Crippen molar-refractivity contribution in [2.45, 2.75) is 44.6 Å². The Morgan fingerprint density at radius 1 is 1.00 bits per heavy atom. The molecule has 1 aliphatic heterocycles. The first-order valence-corrected chi connectivity index (χ1v) is 11.6. The predicted octanol–water partition coefficient (Wildman–Crippen LogP) is 5.06. The van der Waals surface area contributed by atoms with Crippen molar-refractivity contribution >= 4 is 17.6 Å². The number of rotatable bonds is 5. The number of amides is 1. The molecule has 0 radical (unpaired) electrons. The third-order valence-corrected chi connectivity index (χ3v) is 6.58. The van der Waals surface area contributed by atoms with Gasteiger partial charge in [0.15, 0.2) is 5.54 Å². The zero-order chi connectivity index (χ0) is 25.4. The molecule has 1 atom stereocenters. The van der Waals surface area contributed by atoms with Gasteiger partial charge in [0.25, 0.3) is 5.91 Å². The lowest BCUT2D eigenvalue weighted by Gasteiger charge is -2.36. The number of carbonyl (C=O) groups is 2. The van der Waals surface area contributed by atoms with E-state index in [2.05, 4.69) is 20.8 Å². The van der Waals surface area contributed by atoms with Gasteiger partial charge in [-0.1, -0.05) is 57.2 Å². The second-order valence-corrected chi connectivity index (χ2v) is 9.98. The average molecular weight is 474 g/mol. The lowest BCUT2D eigenvalue weighted by Crippen LogP contribution is -2.58. The van der Waals surface area contributed by atoms with Gasteiger partial charge in [-0.05, 0) is 52.4 Å². The Balaban J connectivity index is 1.88. The topological polar surface area (TPSA) is 76.1 Å². The SMILES string of the molecule is COC(=O)C1(Cc2ccccc2)Cc2cc(O)ccc2N1C(=O)c1ccc(C(C)(C)C)c(OC)c1. The number of ether oxygens (including phenoxy) is 2. The van der Waals surface area contributed by atoms with Crippen LogP contribution in [0.1, 0.15) is 47.8 Å². The van der Waals surface area contributed by atoms with Gasteiger partial charge >= 0.3 is 5.97 Å². The Morgan fingerprint density at radius 2 is 1.71 bits per heavy atom. The maximum Gasteiger partial charge on any atom is 0.332 e. The van der Waals surface area contributed by atoms with Crippen LogP contribution in [-0.2, 0) is 27.8 Å². The van der Waals surface area contributed by atoms with Crippen molar-refractivity contribution in [1.29, 1.82) is 0 Å². The van der Waals surface area contributed by atoms with E-state index in [1.165, 1.54) is 18.1 Å². The minimum atomic E-state index is -1.31. The second-order valence-electron chi connectivity index (χ2n) is 9.98. The molecular weight excluding hydrogens is 442 g/mol. The predicted molar refractivity (Wildman–Crippen MR) is 135 cm³/mol. The number of carbonyl (C=O) groups excluding carboxylic acids is 2. The van der Waals surface area contributed by atoms with Gasteiger partial charge in [-0.3, -0.25) is 9.69 Å². The van der Waals surface area contributed by atoms with Crippen LogP contribution < -0.4 is 9.64 Å². The van der Waals surface area contributed by atoms with Crippen LogP contribution >= 0.6 is 0 Å². The highest BCUT2D eigenvalue weighted by Crippen LogP contribution is 2.44. The van der Waals surface area contributed by atoms with E-state index < -0.39 is 11.5 Å². The molecule has 35 heavy (non-hydrogen) atoms. The van der Waals surface area contributed by atoms with Gasteiger partial charge in [0.1, 0.15) is 11.5 Å². The number of phenolic OH excluding ortho intramolecular Hbond substituents is 1. The lowest BCUT2D eigenvalue weighted by atomic mass is 9.85. The number of aromatic hydroxyl groups is 1. The summed E-state index contributed by atoms with van der Waals surface area (Å²) >= 11 is 0. The van der Waals surface area contributed by atoms with Crippen molar-refractivity contribution in [3.63, 3.8) is 0 Å². The van der Waals surface area contributed by atoms with E-state index in [9.17, 15) is 14.7 Å². The fraction of sp³-hybridized carbons (Fsp3) is 0.310. The molecule has 0 spiro atoms. The summed E-state index contributed by atoms with van der Waals surface area (Å²) in [6.45, 7) is 6.24. The lowest BCUT2D eigenvalue weighted by molar-refractivity contribution is -0.146. The molecule has 182 valence electrons. The fourth-order valence-corrected chi connectivity index (χ4v) is 4.93. The highest BCUT2D eigenvalue weighted by Gasteiger charge is 2.53. The zero-order valence-corrected chi connectivity index (χ0v) is 20.8. The Kier molecular flexibility index (Phi) is 6.32. The summed E-state index contributed by atoms with van der Waals surface area (Å²) in [5.74, 6) is -0.161. The largest absolute Gasteiger partial charge is 0.508 e. The van der Waals surface area contributed by atoms with E-state index in [1.54, 1.807) is 31.4 Å². The summed E-state index contributed by atoms with van der Waals surface area (Å²) in [6, 6.07) is 19.8. The molecule has 6 nitrogen and oxygen atoms in total. The van der Waals surface area contributed by atoms with E-state index in [4.69, 9.17) is 9.47 Å². The molecule has 0 fully saturated rings. The molecule has 3 aromatic rings. The van der Waals surface area contributed by atoms with Crippen LogP contribution in [0.25, 0.3) is 0 Å². The molecule has 0 aliphatic carbocycles. The Hall–Kier alpha value is -3.80. The quantitative estimate of drug-likeness (QED) is 0.525. The van der Waals surface area contributed by atoms with Crippen LogP contribution in [0, 0.1) is 0 Å². The fourth-order valence-electron chi connectivity index (χ4n) is 4.93. The first-order chi connectivity index (χ1) is 16.6. The van der Waals surface area contributed by atoms with Crippen molar-refractivity contribution < 1.29 is 24.2 Å². The maximum absolute atomic E-state index is 14.2. The highest BCUT2D eigenvalue weighted by atomic mass is 16.5. The molecular formula is C29H31NO5. The van der Waals surface area contributed by atoms with Crippen molar-refractivity contribution in [1.82, 2.24) is 0 Å². The molecule has 0 bridgehead atoms. The van der Waals surface area contributed by atoms with E-state index in [1.807, 2.05) is 36.4 Å². The molecule has 1 N–H and O–H groups in total. The number of nitrogens with zero attached hydrogens (tertiary/aromatic N) is 1. The third kappa shape index (κ3) is 4.36. The number of benzene rings is 3. The van der Waals surface area contributed by atoms with Crippen LogP contribution in [0.15, 0.2) is 66.7 Å². The van der Waals surface area contributed by atoms with Gasteiger partial charge in [0, 0.05) is 24.1 Å². The minimum Gasteiger partial charge on any atom is -0.508 e. The normalized spacial score (nSPS) is 17.1. The van der Waals surface area contributed by atoms with Crippen molar-refractivity contribution in [2.24, 2.45) is 0 Å². The molecule has 0 saturated heterocycles. The summed E-state index contributed by atoms with van der Waals surface area (Å²) in [5.41, 5.74) is 2.08. The van der Waals surface area contributed by atoms with Gasteiger partial charge in [-0.2, -0.15) is 0 Å². The number of hydrogen-bond donors (Lipinski definition) is 1. The standard InChI is InChI=1S/C29H31NO5/c1-28(2,3)23-13-11-20(16-25(23)34-4)26(32)30-24-14-12-22(31)15-21(24)18-29(30,27(33)35-5)17-19-9-7-6-8-10-19/h6-16,31H,17-18H2,1-5H3. The minimum absolute atomic E-state index is 0.0766. The average Bonchev–Trinajstić information content (AvgIpc) is 3.16. The second kappa shape index (κ2) is 9.10. The first-order valence-electron chi connectivity index (χ1n) is 11.6. The van der Waals surface area contributed by atoms with Crippen molar-refractivity contribution in [2.75, 3.05) is 19.1 Å². The van der Waals surface area contributed by atoms with Crippen molar-refractivity contribution in [3.8, 4) is 11.5 Å². The number of phenols is 1. The monoisotopic (exact) mass is 473 g/mol. The van der Waals surface area contributed by atoms with E-state index >= 15 is 0 Å². The van der Waals surface area contributed by atoms with Crippen LogP contribution in [-0.4, -0.2) is 36.7 Å². The van der Waals surface area contributed by atoms with E-state index in [0.717, 1.165) is 11.1 Å². The molecule has 3 aromatic carbocycles. The van der Waals surface area contributed by atoms with Gasteiger partial charge in [0.05, 0.1) is 14.2 Å². The van der Waals surface area contributed by atoms with Crippen molar-refractivity contribution in [3.05, 3.63) is 89.0 Å². The summed E-state index contributed by atoms with van der Waals surface area (Å²) in [4.78, 5) is 29.1. The molecule has 4 rings (SSSR count). The molecule has 1 heterocycles. The number of hydrogen-bond acceptors (Lipinski definition) is 5. The zero-order valence-electron chi connectivity index (χ0n) is 20.8. The summed E-state index contributed by atoms with van der Waals surface area (Å²) < 4.78 is 10.9. The van der Waals surface area contributed by atoms with Crippen LogP contribution in [0.5, 0.6) is 11.5 Å². The summed E-state index contributed by atoms with van der Waals surface area (Å²) in [7, 11) is 2.92. The van der Waals surface area contributed by atoms with Crippen LogP contribution in [0.3, 0.4) is 0 Å². The molecule has 1 amide bonds. The molecule has 1 unspecified atom stereocenters. The smallest absolute Gasteiger partial charge is 0.332 e. The molecule has 6 heteroatoms. The molecule has 0 aromatic heterocycles. The summed E-state index contributed by atoms with van der Waals surface area (Å²) in [6.07, 6.45) is 0.486. The Bertz CT molecular complexity index is 1260. The molecule has 0 saturated carbocycles. The Labute approximate surface area is 206 Å².